The average molecular weight is 377 g/mol. The molecule has 2 aliphatic heterocycles. The van der Waals surface area contributed by atoms with Gasteiger partial charge in [-0.1, -0.05) is 11.2 Å². The molecule has 0 N–H and O–H groups in total. The minimum Gasteiger partial charge on any atom is -0.486 e. The van der Waals surface area contributed by atoms with Gasteiger partial charge in [-0.25, -0.2) is 0 Å². The Morgan fingerprint density at radius 3 is 2.54 bits per heavy atom. The Balaban J connectivity index is 1.90. The number of azide groups is 1. The average Bonchev–Trinajstić information content (AvgIpc) is 3.11. The van der Waals surface area contributed by atoms with Crippen LogP contribution in [0.4, 0.5) is 0 Å². The molecule has 26 heavy (non-hydrogen) atoms. The fraction of sp³-hybridized carbons (Fsp3) is 0.667. The lowest BCUT2D eigenvalue weighted by molar-refractivity contribution is 0.139. The van der Waals surface area contributed by atoms with E-state index in [0.717, 1.165) is 30.2 Å². The van der Waals surface area contributed by atoms with Gasteiger partial charge in [0.15, 0.2) is 19.8 Å². The molecule has 0 saturated carbocycles. The standard InChI is InChI=1S/C18H28N4O3Si/c1-26(2,3)25-18(15(20-21-19)13-22-8-4-5-9-22)14-6-7-16-17(12-14)24-11-10-23-16/h6-7,12,15,18H,4-5,8-11,13H2,1-3H3/t15?,18-/m1/s1. The maximum atomic E-state index is 9.15. The number of fused-ring (bicyclic) bond motifs is 1. The molecule has 1 saturated heterocycles. The number of hydrogen-bond acceptors (Lipinski definition) is 5. The van der Waals surface area contributed by atoms with Crippen LogP contribution in [0.5, 0.6) is 11.5 Å². The van der Waals surface area contributed by atoms with E-state index in [0.29, 0.717) is 19.8 Å². The van der Waals surface area contributed by atoms with Gasteiger partial charge >= 0.3 is 0 Å². The summed E-state index contributed by atoms with van der Waals surface area (Å²) in [5.74, 6) is 1.49. The molecule has 7 nitrogen and oxygen atoms in total. The molecule has 3 rings (SSSR count). The molecule has 0 amide bonds. The van der Waals surface area contributed by atoms with Crippen molar-refractivity contribution in [2.24, 2.45) is 5.11 Å². The van der Waals surface area contributed by atoms with Crippen LogP contribution in [-0.2, 0) is 4.43 Å². The van der Waals surface area contributed by atoms with Crippen molar-refractivity contribution in [3.8, 4) is 11.5 Å². The predicted molar refractivity (Wildman–Crippen MR) is 103 cm³/mol. The molecule has 8 heteroatoms. The van der Waals surface area contributed by atoms with Crippen LogP contribution in [0.25, 0.3) is 10.4 Å². The number of likely N-dealkylation sites (tertiary alicyclic amines) is 1. The lowest BCUT2D eigenvalue weighted by Gasteiger charge is -2.33. The lowest BCUT2D eigenvalue weighted by Crippen LogP contribution is -2.38. The molecule has 0 spiro atoms. The van der Waals surface area contributed by atoms with Gasteiger partial charge in [0, 0.05) is 11.5 Å². The largest absolute Gasteiger partial charge is 0.486 e. The zero-order valence-corrected chi connectivity index (χ0v) is 16.9. The molecular formula is C18H28N4O3Si. The van der Waals surface area contributed by atoms with E-state index in [2.05, 4.69) is 34.6 Å². The molecule has 0 radical (unpaired) electrons. The Hall–Kier alpha value is -1.73. The van der Waals surface area contributed by atoms with Crippen LogP contribution in [0, 0.1) is 0 Å². The summed E-state index contributed by atoms with van der Waals surface area (Å²) in [5.41, 5.74) is 10.1. The zero-order valence-electron chi connectivity index (χ0n) is 15.9. The Kier molecular flexibility index (Phi) is 6.08. The molecule has 0 bridgehead atoms. The Morgan fingerprint density at radius 1 is 1.19 bits per heavy atom. The van der Waals surface area contributed by atoms with Crippen molar-refractivity contribution in [1.82, 2.24) is 4.90 Å². The minimum atomic E-state index is -1.86. The summed E-state index contributed by atoms with van der Waals surface area (Å²) in [6.07, 6.45) is 2.12. The predicted octanol–water partition coefficient (Wildman–Crippen LogP) is 4.13. The quantitative estimate of drug-likeness (QED) is 0.310. The first kappa shape index (κ1) is 19.0. The summed E-state index contributed by atoms with van der Waals surface area (Å²) in [6, 6.07) is 5.63. The monoisotopic (exact) mass is 376 g/mol. The summed E-state index contributed by atoms with van der Waals surface area (Å²) in [6.45, 7) is 10.4. The van der Waals surface area contributed by atoms with Gasteiger partial charge < -0.3 is 18.8 Å². The maximum absolute atomic E-state index is 9.15. The third-order valence-corrected chi connectivity index (χ3v) is 5.53. The van der Waals surface area contributed by atoms with Crippen molar-refractivity contribution in [3.63, 3.8) is 0 Å². The summed E-state index contributed by atoms with van der Waals surface area (Å²) >= 11 is 0. The van der Waals surface area contributed by atoms with E-state index >= 15 is 0 Å². The Labute approximate surface area is 156 Å². The normalized spacial score (nSPS) is 19.7. The smallest absolute Gasteiger partial charge is 0.184 e. The molecule has 1 aromatic rings. The summed E-state index contributed by atoms with van der Waals surface area (Å²) in [4.78, 5) is 5.48. The van der Waals surface area contributed by atoms with Gasteiger partial charge in [-0.3, -0.25) is 0 Å². The van der Waals surface area contributed by atoms with E-state index in [1.54, 1.807) is 0 Å². The molecule has 0 aromatic heterocycles. The number of rotatable bonds is 7. The van der Waals surface area contributed by atoms with Crippen molar-refractivity contribution in [2.45, 2.75) is 44.6 Å². The fourth-order valence-corrected chi connectivity index (χ4v) is 4.53. The number of hydrogen-bond donors (Lipinski definition) is 0. The zero-order chi connectivity index (χ0) is 18.6. The maximum Gasteiger partial charge on any atom is 0.184 e. The molecule has 2 heterocycles. The third kappa shape index (κ3) is 4.91. The molecule has 1 unspecified atom stereocenters. The van der Waals surface area contributed by atoms with Crippen molar-refractivity contribution < 1.29 is 13.9 Å². The van der Waals surface area contributed by atoms with E-state index in [9.17, 15) is 0 Å². The van der Waals surface area contributed by atoms with Crippen LogP contribution in [0.15, 0.2) is 23.3 Å². The lowest BCUT2D eigenvalue weighted by atomic mass is 10.0. The molecule has 0 aliphatic carbocycles. The van der Waals surface area contributed by atoms with Crippen LogP contribution in [0.2, 0.25) is 19.6 Å². The minimum absolute atomic E-state index is 0.271. The second-order valence-corrected chi connectivity index (χ2v) is 12.3. The SMILES string of the molecule is C[Si](C)(C)O[C@H](c1ccc2c(c1)OCCO2)C(CN1CCCC1)N=[N+]=[N-]. The molecule has 2 atom stereocenters. The van der Waals surface area contributed by atoms with E-state index < -0.39 is 8.32 Å². The van der Waals surface area contributed by atoms with Crippen molar-refractivity contribution >= 4 is 8.32 Å². The van der Waals surface area contributed by atoms with Crippen LogP contribution in [0.1, 0.15) is 24.5 Å². The first-order chi connectivity index (χ1) is 12.5. The number of nitrogens with zero attached hydrogens (tertiary/aromatic N) is 4. The molecule has 142 valence electrons. The number of ether oxygens (including phenoxy) is 2. The highest BCUT2D eigenvalue weighted by atomic mass is 28.4. The van der Waals surface area contributed by atoms with Crippen LogP contribution < -0.4 is 9.47 Å². The van der Waals surface area contributed by atoms with E-state index in [1.807, 2.05) is 18.2 Å². The highest BCUT2D eigenvalue weighted by Gasteiger charge is 2.31. The van der Waals surface area contributed by atoms with E-state index in [-0.39, 0.29) is 12.1 Å². The topological polar surface area (TPSA) is 79.7 Å². The summed E-state index contributed by atoms with van der Waals surface area (Å²) < 4.78 is 17.9. The highest BCUT2D eigenvalue weighted by molar-refractivity contribution is 6.69. The highest BCUT2D eigenvalue weighted by Crippen LogP contribution is 2.36. The van der Waals surface area contributed by atoms with Crippen LogP contribution in [-0.4, -0.2) is 52.1 Å². The van der Waals surface area contributed by atoms with Crippen LogP contribution >= 0.6 is 0 Å². The summed E-state index contributed by atoms with van der Waals surface area (Å²) in [7, 11) is -1.86. The fourth-order valence-electron chi connectivity index (χ4n) is 3.48. The van der Waals surface area contributed by atoms with Gasteiger partial charge in [-0.05, 0) is 68.8 Å². The van der Waals surface area contributed by atoms with E-state index in [4.69, 9.17) is 19.4 Å². The van der Waals surface area contributed by atoms with Gasteiger partial charge in [0.1, 0.15) is 13.2 Å². The van der Waals surface area contributed by atoms with Crippen molar-refractivity contribution in [1.29, 1.82) is 0 Å². The first-order valence-corrected chi connectivity index (χ1v) is 12.7. The van der Waals surface area contributed by atoms with E-state index in [1.165, 1.54) is 12.8 Å². The van der Waals surface area contributed by atoms with Gasteiger partial charge in [0.25, 0.3) is 0 Å². The molecule has 2 aliphatic rings. The van der Waals surface area contributed by atoms with Gasteiger partial charge in [0.2, 0.25) is 0 Å². The first-order valence-electron chi connectivity index (χ1n) is 9.30. The van der Waals surface area contributed by atoms with Gasteiger partial charge in [-0.2, -0.15) is 0 Å². The van der Waals surface area contributed by atoms with Gasteiger partial charge in [0.05, 0.1) is 12.1 Å². The third-order valence-electron chi connectivity index (χ3n) is 4.57. The molecular weight excluding hydrogens is 348 g/mol. The second kappa shape index (κ2) is 8.31. The van der Waals surface area contributed by atoms with Crippen LogP contribution in [0.3, 0.4) is 0 Å². The molecule has 1 aromatic carbocycles. The van der Waals surface area contributed by atoms with Crippen molar-refractivity contribution in [3.05, 3.63) is 34.2 Å². The molecule has 1 fully saturated rings. The van der Waals surface area contributed by atoms with Crippen molar-refractivity contribution in [2.75, 3.05) is 32.8 Å². The Morgan fingerprint density at radius 2 is 1.88 bits per heavy atom. The summed E-state index contributed by atoms with van der Waals surface area (Å²) in [5, 5.41) is 4.12. The Bertz CT molecular complexity index is 667. The second-order valence-electron chi connectivity index (χ2n) is 7.83. The van der Waals surface area contributed by atoms with Gasteiger partial charge in [-0.15, -0.1) is 0 Å². The number of benzene rings is 1.